The molecule has 0 spiro atoms. The maximum Gasteiger partial charge on any atom is 0.329 e. The van der Waals surface area contributed by atoms with Crippen molar-refractivity contribution in [3.05, 3.63) is 51.5 Å². The van der Waals surface area contributed by atoms with E-state index in [0.29, 0.717) is 28.0 Å². The highest BCUT2D eigenvalue weighted by Gasteiger charge is 2.16. The fourth-order valence-corrected chi connectivity index (χ4v) is 3.41. The van der Waals surface area contributed by atoms with Crippen LogP contribution >= 0.6 is 15.9 Å². The molecule has 0 aromatic heterocycles. The molecule has 9 nitrogen and oxygen atoms in total. The van der Waals surface area contributed by atoms with Gasteiger partial charge in [-0.25, -0.2) is 5.43 Å². The normalized spacial score (nSPS) is 11.6. The molecule has 0 aliphatic heterocycles. The summed E-state index contributed by atoms with van der Waals surface area (Å²) < 4.78 is 11.6. The predicted molar refractivity (Wildman–Crippen MR) is 134 cm³/mol. The van der Waals surface area contributed by atoms with E-state index < -0.39 is 11.8 Å². The molecule has 2 aromatic carbocycles. The Kier molecular flexibility index (Phi) is 10.1. The number of carbonyl (C=O) groups is 3. The van der Waals surface area contributed by atoms with Crippen molar-refractivity contribution in [1.29, 1.82) is 0 Å². The summed E-state index contributed by atoms with van der Waals surface area (Å²) >= 11 is 3.40. The van der Waals surface area contributed by atoms with Crippen LogP contribution in [0.25, 0.3) is 0 Å². The lowest BCUT2D eigenvalue weighted by Crippen LogP contribution is -2.41. The number of hydrazone groups is 1. The van der Waals surface area contributed by atoms with Gasteiger partial charge in [-0.05, 0) is 72.4 Å². The van der Waals surface area contributed by atoms with Crippen LogP contribution in [-0.4, -0.2) is 43.7 Å². The number of amides is 3. The van der Waals surface area contributed by atoms with Crippen LogP contribution in [0.5, 0.6) is 11.5 Å². The Balaban J connectivity index is 2.01. The van der Waals surface area contributed by atoms with Crippen molar-refractivity contribution in [2.75, 3.05) is 19.0 Å². The number of ether oxygens (including phenoxy) is 2. The fourth-order valence-electron chi connectivity index (χ4n) is 2.84. The number of nitrogens with zero attached hydrogens (tertiary/aromatic N) is 1. The van der Waals surface area contributed by atoms with Gasteiger partial charge in [0.25, 0.3) is 5.91 Å². The van der Waals surface area contributed by atoms with Crippen molar-refractivity contribution in [3.8, 4) is 11.5 Å². The molecule has 3 amide bonds. The van der Waals surface area contributed by atoms with Gasteiger partial charge >= 0.3 is 11.8 Å². The summed E-state index contributed by atoms with van der Waals surface area (Å²) in [6, 6.07) is 8.94. The number of hydrogen-bond acceptors (Lipinski definition) is 6. The minimum Gasteiger partial charge on any atom is -0.493 e. The molecule has 0 saturated carbocycles. The van der Waals surface area contributed by atoms with Crippen molar-refractivity contribution >= 4 is 45.6 Å². The number of halogens is 1. The van der Waals surface area contributed by atoms with E-state index in [0.717, 1.165) is 16.8 Å². The number of anilines is 1. The Morgan fingerprint density at radius 1 is 1.15 bits per heavy atom. The van der Waals surface area contributed by atoms with Gasteiger partial charge in [-0.1, -0.05) is 24.6 Å². The van der Waals surface area contributed by atoms with E-state index in [1.165, 1.54) is 13.3 Å². The molecule has 0 saturated heterocycles. The van der Waals surface area contributed by atoms with Crippen LogP contribution in [0.1, 0.15) is 37.0 Å². The molecule has 0 aliphatic carbocycles. The van der Waals surface area contributed by atoms with Crippen molar-refractivity contribution in [2.45, 2.75) is 40.2 Å². The molecule has 34 heavy (non-hydrogen) atoms. The molecular weight excluding hydrogens is 504 g/mol. The van der Waals surface area contributed by atoms with Gasteiger partial charge in [0.2, 0.25) is 0 Å². The summed E-state index contributed by atoms with van der Waals surface area (Å²) in [5.74, 6) is -1.24. The van der Waals surface area contributed by atoms with E-state index in [1.54, 1.807) is 19.1 Å². The van der Waals surface area contributed by atoms with Gasteiger partial charge in [-0.3, -0.25) is 14.4 Å². The molecule has 0 aliphatic rings. The van der Waals surface area contributed by atoms with Crippen LogP contribution in [0.4, 0.5) is 5.69 Å². The largest absolute Gasteiger partial charge is 0.493 e. The molecule has 10 heteroatoms. The van der Waals surface area contributed by atoms with Crippen molar-refractivity contribution < 1.29 is 23.9 Å². The number of methoxy groups -OCH3 is 1. The third-order valence-corrected chi connectivity index (χ3v) is 5.42. The first-order valence-electron chi connectivity index (χ1n) is 10.7. The van der Waals surface area contributed by atoms with E-state index in [1.807, 2.05) is 39.0 Å². The Morgan fingerprint density at radius 3 is 2.53 bits per heavy atom. The minimum atomic E-state index is -0.864. The lowest BCUT2D eigenvalue weighted by atomic mass is 10.1. The highest BCUT2D eigenvalue weighted by atomic mass is 79.9. The van der Waals surface area contributed by atoms with E-state index in [9.17, 15) is 14.4 Å². The number of benzene rings is 2. The molecule has 3 N–H and O–H groups in total. The van der Waals surface area contributed by atoms with Gasteiger partial charge in [0.15, 0.2) is 18.1 Å². The van der Waals surface area contributed by atoms with Gasteiger partial charge in [0.05, 0.1) is 17.8 Å². The van der Waals surface area contributed by atoms with Crippen LogP contribution in [0.3, 0.4) is 0 Å². The van der Waals surface area contributed by atoms with Gasteiger partial charge in [0.1, 0.15) is 0 Å². The third kappa shape index (κ3) is 7.87. The van der Waals surface area contributed by atoms with E-state index >= 15 is 0 Å². The Labute approximate surface area is 207 Å². The number of rotatable bonds is 9. The lowest BCUT2D eigenvalue weighted by Gasteiger charge is -2.14. The quantitative estimate of drug-likeness (QED) is 0.259. The second kappa shape index (κ2) is 12.7. The monoisotopic (exact) mass is 532 g/mol. The zero-order valence-electron chi connectivity index (χ0n) is 19.8. The first-order chi connectivity index (χ1) is 16.1. The van der Waals surface area contributed by atoms with Gasteiger partial charge in [-0.2, -0.15) is 5.10 Å². The predicted octanol–water partition coefficient (Wildman–Crippen LogP) is 3.46. The molecule has 0 unspecified atom stereocenters. The Bertz CT molecular complexity index is 1090. The molecule has 2 rings (SSSR count). The average Bonchev–Trinajstić information content (AvgIpc) is 2.79. The van der Waals surface area contributed by atoms with Crippen molar-refractivity contribution in [2.24, 2.45) is 5.10 Å². The van der Waals surface area contributed by atoms with Gasteiger partial charge in [0, 0.05) is 11.7 Å². The molecule has 0 fully saturated rings. The summed E-state index contributed by atoms with van der Waals surface area (Å²) in [5, 5.41) is 9.19. The van der Waals surface area contributed by atoms with Crippen LogP contribution in [0, 0.1) is 13.8 Å². The number of hydrogen-bond donors (Lipinski definition) is 3. The summed E-state index contributed by atoms with van der Waals surface area (Å²) in [6.07, 6.45) is 2.07. The summed E-state index contributed by atoms with van der Waals surface area (Å²) in [5.41, 5.74) is 5.54. The summed E-state index contributed by atoms with van der Waals surface area (Å²) in [6.45, 7) is 7.38. The first-order valence-corrected chi connectivity index (χ1v) is 11.4. The van der Waals surface area contributed by atoms with Crippen LogP contribution in [0.2, 0.25) is 0 Å². The molecule has 182 valence electrons. The third-order valence-electron chi connectivity index (χ3n) is 4.83. The second-order valence-electron chi connectivity index (χ2n) is 7.67. The minimum absolute atomic E-state index is 0.113. The SMILES string of the molecule is CC[C@H](C)NC(=O)C(=O)N/N=C\c1cc(Br)c(OCC(=O)Nc2ccc(C)cc2C)c(OC)c1. The standard InChI is InChI=1S/C24H29BrN4O5/c1-6-16(4)27-23(31)24(32)29-26-12-17-10-18(25)22(20(11-17)33-5)34-13-21(30)28-19-8-7-14(2)9-15(19)3/h7-12,16H,6,13H2,1-5H3,(H,27,31)(H,28,30)(H,29,32)/b26-12-/t16-/m0/s1. The zero-order chi connectivity index (χ0) is 25.3. The van der Waals surface area contributed by atoms with Gasteiger partial charge in [-0.15, -0.1) is 0 Å². The van der Waals surface area contributed by atoms with Crippen LogP contribution in [-0.2, 0) is 14.4 Å². The maximum absolute atomic E-state index is 12.4. The number of nitrogens with one attached hydrogen (secondary N) is 3. The molecule has 0 bridgehead atoms. The van der Waals surface area contributed by atoms with E-state index in [-0.39, 0.29) is 18.6 Å². The number of aryl methyl sites for hydroxylation is 2. The second-order valence-corrected chi connectivity index (χ2v) is 8.53. The van der Waals surface area contributed by atoms with E-state index in [2.05, 4.69) is 37.1 Å². The molecule has 2 aromatic rings. The summed E-state index contributed by atoms with van der Waals surface area (Å²) in [7, 11) is 1.46. The van der Waals surface area contributed by atoms with Crippen molar-refractivity contribution in [1.82, 2.24) is 10.7 Å². The Hall–Kier alpha value is -3.40. The molecule has 0 heterocycles. The molecule has 1 atom stereocenters. The van der Waals surface area contributed by atoms with E-state index in [4.69, 9.17) is 9.47 Å². The highest BCUT2D eigenvalue weighted by Crippen LogP contribution is 2.36. The lowest BCUT2D eigenvalue weighted by molar-refractivity contribution is -0.139. The maximum atomic E-state index is 12.4. The summed E-state index contributed by atoms with van der Waals surface area (Å²) in [4.78, 5) is 35.9. The first kappa shape index (κ1) is 26.8. The zero-order valence-corrected chi connectivity index (χ0v) is 21.4. The highest BCUT2D eigenvalue weighted by molar-refractivity contribution is 9.10. The Morgan fingerprint density at radius 2 is 1.88 bits per heavy atom. The van der Waals surface area contributed by atoms with Crippen LogP contribution in [0.15, 0.2) is 39.9 Å². The topological polar surface area (TPSA) is 118 Å². The van der Waals surface area contributed by atoms with Crippen molar-refractivity contribution in [3.63, 3.8) is 0 Å². The number of carbonyl (C=O) groups excluding carboxylic acids is 3. The van der Waals surface area contributed by atoms with Gasteiger partial charge < -0.3 is 20.1 Å². The average molecular weight is 533 g/mol. The molecule has 0 radical (unpaired) electrons. The van der Waals surface area contributed by atoms with Crippen LogP contribution < -0.4 is 25.5 Å². The fraction of sp³-hybridized carbons (Fsp3) is 0.333. The molecular formula is C24H29BrN4O5. The smallest absolute Gasteiger partial charge is 0.329 e.